The molecular formula is C7H14O. The highest BCUT2D eigenvalue weighted by Crippen LogP contribution is 1.68. The monoisotopic (exact) mass is 114 g/mol. The molecule has 0 aromatic heterocycles. The zero-order chi connectivity index (χ0) is 4.99. The van der Waals surface area contributed by atoms with Crippen LogP contribution in [0.1, 0.15) is 14.9 Å². The van der Waals surface area contributed by atoms with Gasteiger partial charge in [0.2, 0.25) is 0 Å². The minimum absolute atomic E-state index is 0. The summed E-state index contributed by atoms with van der Waals surface area (Å²) in [5.41, 5.74) is 0. The summed E-state index contributed by atoms with van der Waals surface area (Å²) in [5, 5.41) is 0. The van der Waals surface area contributed by atoms with Gasteiger partial charge in [0.25, 0.3) is 0 Å². The summed E-state index contributed by atoms with van der Waals surface area (Å²) < 4.78 is 0. The van der Waals surface area contributed by atoms with Crippen LogP contribution in [0, 0.1) is 0 Å². The van der Waals surface area contributed by atoms with Crippen LogP contribution in [0.5, 0.6) is 0 Å². The number of carbonyl (C=O) groups is 1. The van der Waals surface area contributed by atoms with E-state index in [2.05, 4.69) is 13.2 Å². The number of rotatable bonds is 2. The summed E-state index contributed by atoms with van der Waals surface area (Å²) in [6, 6.07) is 0. The van der Waals surface area contributed by atoms with Crippen LogP contribution >= 0.6 is 0 Å². The zero-order valence-corrected chi connectivity index (χ0v) is 3.48. The lowest BCUT2D eigenvalue weighted by Crippen LogP contribution is -1.78. The van der Waals surface area contributed by atoms with Gasteiger partial charge in [-0.05, 0) is 12.2 Å². The molecule has 0 aliphatic rings. The van der Waals surface area contributed by atoms with Gasteiger partial charge in [-0.3, -0.25) is 4.79 Å². The third-order valence-electron chi connectivity index (χ3n) is 0.402. The maximum Gasteiger partial charge on any atom is 0.177 e. The second-order valence-corrected chi connectivity index (χ2v) is 0.811. The number of hydrogen-bond donors (Lipinski definition) is 0. The van der Waals surface area contributed by atoms with Gasteiger partial charge in [0.05, 0.1) is 0 Å². The van der Waals surface area contributed by atoms with E-state index in [-0.39, 0.29) is 20.6 Å². The van der Waals surface area contributed by atoms with Crippen LogP contribution in [0.3, 0.4) is 0 Å². The molecule has 0 atom stereocenters. The maximum atomic E-state index is 9.94. The summed E-state index contributed by atoms with van der Waals surface area (Å²) >= 11 is 0. The van der Waals surface area contributed by atoms with E-state index in [0.29, 0.717) is 0 Å². The molecule has 0 radical (unpaired) electrons. The van der Waals surface area contributed by atoms with Crippen molar-refractivity contribution in [3.8, 4) is 0 Å². The van der Waals surface area contributed by atoms with Crippen LogP contribution < -0.4 is 0 Å². The third-order valence-corrected chi connectivity index (χ3v) is 0.402. The first-order valence-corrected chi connectivity index (χ1v) is 1.60. The fourth-order valence-electron chi connectivity index (χ4n) is 0.0833. The van der Waals surface area contributed by atoms with E-state index in [4.69, 9.17) is 0 Å². The Kier molecular flexibility index (Phi) is 18.6. The Morgan fingerprint density at radius 2 is 1.38 bits per heavy atom. The van der Waals surface area contributed by atoms with Gasteiger partial charge in [0.1, 0.15) is 0 Å². The highest BCUT2D eigenvalue weighted by Gasteiger charge is 1.75. The van der Waals surface area contributed by atoms with Crippen molar-refractivity contribution in [1.82, 2.24) is 0 Å². The van der Waals surface area contributed by atoms with Gasteiger partial charge >= 0.3 is 0 Å². The van der Waals surface area contributed by atoms with E-state index in [1.54, 1.807) is 0 Å². The van der Waals surface area contributed by atoms with Crippen molar-refractivity contribution in [3.63, 3.8) is 0 Å². The predicted molar refractivity (Wildman–Crippen MR) is 38.9 cm³/mol. The quantitative estimate of drug-likeness (QED) is 0.503. The average molecular weight is 114 g/mol. The van der Waals surface area contributed by atoms with Gasteiger partial charge < -0.3 is 0 Å². The van der Waals surface area contributed by atoms with Crippen LogP contribution in [-0.2, 0) is 4.79 Å². The predicted octanol–water partition coefficient (Wildman–Crippen LogP) is 2.20. The fraction of sp³-hybridized carbons (Fsp3) is 0.286. The van der Waals surface area contributed by atoms with Crippen molar-refractivity contribution in [3.05, 3.63) is 25.3 Å². The lowest BCUT2D eigenvalue weighted by molar-refractivity contribution is -0.110. The van der Waals surface area contributed by atoms with Crippen LogP contribution in [0.4, 0.5) is 0 Å². The molecule has 0 aromatic rings. The molecule has 0 amide bonds. The number of allylic oxidation sites excluding steroid dienone is 2. The molecule has 0 heterocycles. The lowest BCUT2D eigenvalue weighted by atomic mass is 10.4. The van der Waals surface area contributed by atoms with Gasteiger partial charge in [0.15, 0.2) is 5.78 Å². The largest absolute Gasteiger partial charge is 0.290 e. The molecule has 0 spiro atoms. The Morgan fingerprint density at radius 1 is 1.12 bits per heavy atom. The molecule has 0 aromatic carbocycles. The molecule has 0 saturated heterocycles. The van der Waals surface area contributed by atoms with E-state index in [0.717, 1.165) is 0 Å². The second-order valence-electron chi connectivity index (χ2n) is 0.811. The molecular weight excluding hydrogens is 100 g/mol. The first-order chi connectivity index (χ1) is 2.81. The Morgan fingerprint density at radius 3 is 1.38 bits per heavy atom. The second kappa shape index (κ2) is 9.47. The van der Waals surface area contributed by atoms with Crippen LogP contribution in [0.15, 0.2) is 25.3 Å². The van der Waals surface area contributed by atoms with Crippen molar-refractivity contribution in [1.29, 1.82) is 0 Å². The Labute approximate surface area is 51.7 Å². The summed E-state index contributed by atoms with van der Waals surface area (Å²) in [7, 11) is 0. The summed E-state index contributed by atoms with van der Waals surface area (Å²) in [5.74, 6) is -0.130. The van der Waals surface area contributed by atoms with Crippen LogP contribution in [0.2, 0.25) is 0 Å². The summed E-state index contributed by atoms with van der Waals surface area (Å²) in [6.45, 7) is 6.42. The fourth-order valence-corrected chi connectivity index (χ4v) is 0.0833. The standard InChI is InChI=1S/C5H6O.2CH4/c1-3-5(6)4-2;;/h3-4H,1-2H2;2*1H4. The molecule has 0 N–H and O–H groups in total. The zero-order valence-electron chi connectivity index (χ0n) is 3.48. The van der Waals surface area contributed by atoms with Crippen molar-refractivity contribution >= 4 is 5.78 Å². The topological polar surface area (TPSA) is 17.1 Å². The van der Waals surface area contributed by atoms with Crippen LogP contribution in [-0.4, -0.2) is 5.78 Å². The third kappa shape index (κ3) is 8.94. The molecule has 0 bridgehead atoms. The Hall–Kier alpha value is -0.850. The molecule has 0 aliphatic carbocycles. The molecule has 48 valence electrons. The highest BCUT2D eigenvalue weighted by molar-refractivity contribution is 5.98. The molecule has 1 heteroatoms. The van der Waals surface area contributed by atoms with Gasteiger partial charge in [-0.25, -0.2) is 0 Å². The van der Waals surface area contributed by atoms with Crippen molar-refractivity contribution in [2.24, 2.45) is 0 Å². The van der Waals surface area contributed by atoms with Gasteiger partial charge in [-0.1, -0.05) is 28.0 Å². The van der Waals surface area contributed by atoms with Crippen molar-refractivity contribution in [2.45, 2.75) is 14.9 Å². The Bertz CT molecular complexity index is 72.4. The van der Waals surface area contributed by atoms with Crippen molar-refractivity contribution < 1.29 is 4.79 Å². The van der Waals surface area contributed by atoms with Crippen LogP contribution in [0.25, 0.3) is 0 Å². The molecule has 1 nitrogen and oxygen atoms in total. The minimum Gasteiger partial charge on any atom is -0.290 e. The lowest BCUT2D eigenvalue weighted by Gasteiger charge is -1.68. The van der Waals surface area contributed by atoms with Crippen molar-refractivity contribution in [2.75, 3.05) is 0 Å². The summed E-state index contributed by atoms with van der Waals surface area (Å²) in [6.07, 6.45) is 2.43. The molecule has 0 rings (SSSR count). The first-order valence-electron chi connectivity index (χ1n) is 1.60. The van der Waals surface area contributed by atoms with E-state index in [1.807, 2.05) is 0 Å². The number of ketones is 1. The van der Waals surface area contributed by atoms with Gasteiger partial charge in [-0.15, -0.1) is 0 Å². The SMILES string of the molecule is C.C.C=CC(=O)C=C. The molecule has 0 fully saturated rings. The van der Waals surface area contributed by atoms with E-state index < -0.39 is 0 Å². The van der Waals surface area contributed by atoms with E-state index in [1.165, 1.54) is 12.2 Å². The molecule has 0 aliphatic heterocycles. The van der Waals surface area contributed by atoms with Gasteiger partial charge in [0, 0.05) is 0 Å². The highest BCUT2D eigenvalue weighted by atomic mass is 16.1. The number of hydrogen-bond acceptors (Lipinski definition) is 1. The summed E-state index contributed by atoms with van der Waals surface area (Å²) in [4.78, 5) is 9.94. The minimum atomic E-state index is -0.130. The normalized spacial score (nSPS) is 5.00. The van der Waals surface area contributed by atoms with E-state index in [9.17, 15) is 4.79 Å². The van der Waals surface area contributed by atoms with E-state index >= 15 is 0 Å². The number of carbonyl (C=O) groups excluding carboxylic acids is 1. The molecule has 0 saturated carbocycles. The molecule has 0 unspecified atom stereocenters. The average Bonchev–Trinajstić information content (AvgIpc) is 1.65. The maximum absolute atomic E-state index is 9.94. The van der Waals surface area contributed by atoms with Gasteiger partial charge in [-0.2, -0.15) is 0 Å². The molecule has 8 heavy (non-hydrogen) atoms. The Balaban J connectivity index is -0.000000125. The smallest absolute Gasteiger partial charge is 0.177 e. The first kappa shape index (κ1) is 15.7.